The SMILES string of the molecule is CCC(=O)n1nc2c(c1-c1ccccc1)[C@@H](C)CC[C@@H]2C(C)C. The molecule has 3 rings (SSSR count). The molecule has 2 atom stereocenters. The zero-order valence-corrected chi connectivity index (χ0v) is 14.5. The standard InChI is InChI=1S/C20H26N2O/c1-5-17(23)22-20(15-9-7-6-8-10-15)18-14(4)11-12-16(13(2)3)19(18)21-22/h6-10,13-14,16H,5,11-12H2,1-4H3/t14-,16+/m0/s1. The second-order valence-corrected chi connectivity index (χ2v) is 7.00. The first-order valence-corrected chi connectivity index (χ1v) is 8.76. The molecule has 122 valence electrons. The Morgan fingerprint density at radius 3 is 2.57 bits per heavy atom. The van der Waals surface area contributed by atoms with Crippen molar-refractivity contribution in [1.82, 2.24) is 9.78 Å². The van der Waals surface area contributed by atoms with E-state index in [1.54, 1.807) is 4.68 Å². The maximum atomic E-state index is 12.5. The normalized spacial score (nSPS) is 20.6. The van der Waals surface area contributed by atoms with Crippen molar-refractivity contribution in [3.05, 3.63) is 41.6 Å². The zero-order valence-electron chi connectivity index (χ0n) is 14.5. The van der Waals surface area contributed by atoms with E-state index >= 15 is 0 Å². The first-order chi connectivity index (χ1) is 11.0. The number of nitrogens with zero attached hydrogens (tertiary/aromatic N) is 2. The lowest BCUT2D eigenvalue weighted by molar-refractivity contribution is 0.0894. The second kappa shape index (κ2) is 6.31. The van der Waals surface area contributed by atoms with Gasteiger partial charge in [0.05, 0.1) is 11.4 Å². The highest BCUT2D eigenvalue weighted by atomic mass is 16.2. The molecule has 0 aliphatic heterocycles. The second-order valence-electron chi connectivity index (χ2n) is 7.00. The van der Waals surface area contributed by atoms with Gasteiger partial charge in [0.25, 0.3) is 0 Å². The average molecular weight is 310 g/mol. The highest BCUT2D eigenvalue weighted by molar-refractivity contribution is 5.84. The molecule has 3 heteroatoms. The van der Waals surface area contributed by atoms with Gasteiger partial charge in [0.2, 0.25) is 5.91 Å². The molecule has 1 aromatic heterocycles. The van der Waals surface area contributed by atoms with Crippen LogP contribution in [-0.4, -0.2) is 15.7 Å². The summed E-state index contributed by atoms with van der Waals surface area (Å²) < 4.78 is 1.68. The summed E-state index contributed by atoms with van der Waals surface area (Å²) >= 11 is 0. The lowest BCUT2D eigenvalue weighted by atomic mass is 9.75. The summed E-state index contributed by atoms with van der Waals surface area (Å²) in [6.07, 6.45) is 2.81. The predicted octanol–water partition coefficient (Wildman–Crippen LogP) is 5.24. The number of benzene rings is 1. The molecule has 0 saturated heterocycles. The van der Waals surface area contributed by atoms with E-state index in [0.29, 0.717) is 24.2 Å². The highest BCUT2D eigenvalue weighted by Crippen LogP contribution is 2.45. The summed E-state index contributed by atoms with van der Waals surface area (Å²) in [4.78, 5) is 12.5. The van der Waals surface area contributed by atoms with Crippen molar-refractivity contribution in [2.24, 2.45) is 5.92 Å². The minimum absolute atomic E-state index is 0.0768. The fraction of sp³-hybridized carbons (Fsp3) is 0.500. The van der Waals surface area contributed by atoms with E-state index in [0.717, 1.165) is 23.4 Å². The lowest BCUT2D eigenvalue weighted by Crippen LogP contribution is -2.17. The first-order valence-electron chi connectivity index (χ1n) is 8.76. The molecule has 2 aromatic rings. The van der Waals surface area contributed by atoms with Gasteiger partial charge < -0.3 is 0 Å². The summed E-state index contributed by atoms with van der Waals surface area (Å²) in [7, 11) is 0. The Balaban J connectivity index is 2.26. The molecule has 1 heterocycles. The fourth-order valence-electron chi connectivity index (χ4n) is 3.77. The van der Waals surface area contributed by atoms with Gasteiger partial charge in [-0.2, -0.15) is 9.78 Å². The van der Waals surface area contributed by atoms with E-state index in [1.165, 1.54) is 12.0 Å². The van der Waals surface area contributed by atoms with Crippen LogP contribution in [0.5, 0.6) is 0 Å². The van der Waals surface area contributed by atoms with Gasteiger partial charge in [-0.25, -0.2) is 0 Å². The van der Waals surface area contributed by atoms with Crippen LogP contribution in [0.3, 0.4) is 0 Å². The maximum Gasteiger partial charge on any atom is 0.247 e. The minimum Gasteiger partial charge on any atom is -0.273 e. The number of carbonyl (C=O) groups is 1. The molecule has 1 aliphatic carbocycles. The molecular formula is C20H26N2O. The van der Waals surface area contributed by atoms with Crippen LogP contribution in [0.15, 0.2) is 30.3 Å². The molecule has 0 unspecified atom stereocenters. The molecule has 0 saturated carbocycles. The monoisotopic (exact) mass is 310 g/mol. The third-order valence-corrected chi connectivity index (χ3v) is 5.10. The van der Waals surface area contributed by atoms with Gasteiger partial charge >= 0.3 is 0 Å². The van der Waals surface area contributed by atoms with E-state index < -0.39 is 0 Å². The third kappa shape index (κ3) is 2.73. The molecule has 0 bridgehead atoms. The van der Waals surface area contributed by atoms with Gasteiger partial charge in [0.15, 0.2) is 0 Å². The number of hydrogen-bond acceptors (Lipinski definition) is 2. The Labute approximate surface area is 138 Å². The largest absolute Gasteiger partial charge is 0.273 e. The topological polar surface area (TPSA) is 34.9 Å². The van der Waals surface area contributed by atoms with Crippen molar-refractivity contribution in [3.63, 3.8) is 0 Å². The van der Waals surface area contributed by atoms with Crippen molar-refractivity contribution >= 4 is 5.91 Å². The van der Waals surface area contributed by atoms with Crippen molar-refractivity contribution in [2.45, 2.75) is 58.8 Å². The van der Waals surface area contributed by atoms with Crippen LogP contribution in [0.1, 0.15) is 74.8 Å². The fourth-order valence-corrected chi connectivity index (χ4v) is 3.77. The van der Waals surface area contributed by atoms with Gasteiger partial charge in [-0.05, 0) is 24.7 Å². The van der Waals surface area contributed by atoms with Crippen molar-refractivity contribution in [3.8, 4) is 11.3 Å². The Kier molecular flexibility index (Phi) is 4.38. The quantitative estimate of drug-likeness (QED) is 0.777. The molecule has 0 amide bonds. The molecule has 0 fully saturated rings. The summed E-state index contributed by atoms with van der Waals surface area (Å²) in [6.45, 7) is 8.69. The minimum atomic E-state index is 0.0768. The van der Waals surface area contributed by atoms with E-state index in [4.69, 9.17) is 5.10 Å². The van der Waals surface area contributed by atoms with Crippen LogP contribution in [0, 0.1) is 5.92 Å². The van der Waals surface area contributed by atoms with E-state index in [2.05, 4.69) is 32.9 Å². The van der Waals surface area contributed by atoms with E-state index in [-0.39, 0.29) is 5.91 Å². The Morgan fingerprint density at radius 1 is 1.26 bits per heavy atom. The summed E-state index contributed by atoms with van der Waals surface area (Å²) in [5.41, 5.74) is 4.56. The van der Waals surface area contributed by atoms with Crippen molar-refractivity contribution < 1.29 is 4.79 Å². The van der Waals surface area contributed by atoms with Crippen LogP contribution in [0.25, 0.3) is 11.3 Å². The summed E-state index contributed by atoms with van der Waals surface area (Å²) in [6, 6.07) is 10.2. The molecule has 1 aliphatic rings. The van der Waals surface area contributed by atoms with E-state index in [1.807, 2.05) is 25.1 Å². The molecule has 1 aromatic carbocycles. The number of carbonyl (C=O) groups excluding carboxylic acids is 1. The number of hydrogen-bond donors (Lipinski definition) is 0. The average Bonchev–Trinajstić information content (AvgIpc) is 2.96. The van der Waals surface area contributed by atoms with Gasteiger partial charge in [0, 0.05) is 23.5 Å². The summed E-state index contributed by atoms with van der Waals surface area (Å²) in [5, 5.41) is 4.82. The van der Waals surface area contributed by atoms with Gasteiger partial charge in [-0.3, -0.25) is 4.79 Å². The van der Waals surface area contributed by atoms with Gasteiger partial charge in [-0.15, -0.1) is 0 Å². The maximum absolute atomic E-state index is 12.5. The Hall–Kier alpha value is -1.90. The van der Waals surface area contributed by atoms with Crippen molar-refractivity contribution in [1.29, 1.82) is 0 Å². The molecule has 3 nitrogen and oxygen atoms in total. The molecule has 0 N–H and O–H groups in total. The van der Waals surface area contributed by atoms with Crippen LogP contribution < -0.4 is 0 Å². The number of fused-ring (bicyclic) bond motifs is 1. The smallest absolute Gasteiger partial charge is 0.247 e. The van der Waals surface area contributed by atoms with Crippen LogP contribution in [0.2, 0.25) is 0 Å². The number of aromatic nitrogens is 2. The van der Waals surface area contributed by atoms with Crippen LogP contribution in [-0.2, 0) is 0 Å². The third-order valence-electron chi connectivity index (χ3n) is 5.10. The first kappa shape index (κ1) is 16.0. The predicted molar refractivity (Wildman–Crippen MR) is 93.8 cm³/mol. The summed E-state index contributed by atoms with van der Waals surface area (Å²) in [5.74, 6) is 1.53. The van der Waals surface area contributed by atoms with E-state index in [9.17, 15) is 4.79 Å². The molecular weight excluding hydrogens is 284 g/mol. The lowest BCUT2D eigenvalue weighted by Gasteiger charge is -2.28. The molecule has 0 spiro atoms. The Morgan fingerprint density at radius 2 is 1.96 bits per heavy atom. The number of rotatable bonds is 3. The molecule has 0 radical (unpaired) electrons. The van der Waals surface area contributed by atoms with Crippen LogP contribution in [0.4, 0.5) is 0 Å². The van der Waals surface area contributed by atoms with Crippen LogP contribution >= 0.6 is 0 Å². The van der Waals surface area contributed by atoms with Gasteiger partial charge in [-0.1, -0.05) is 58.0 Å². The Bertz CT molecular complexity index is 700. The zero-order chi connectivity index (χ0) is 16.6. The van der Waals surface area contributed by atoms with Crippen molar-refractivity contribution in [2.75, 3.05) is 0 Å². The highest BCUT2D eigenvalue weighted by Gasteiger charge is 2.34. The van der Waals surface area contributed by atoms with Gasteiger partial charge in [0.1, 0.15) is 0 Å². The molecule has 23 heavy (non-hydrogen) atoms.